The first-order valence-electron chi connectivity index (χ1n) is 39.9. The first-order chi connectivity index (χ1) is 60.4. The summed E-state index contributed by atoms with van der Waals surface area (Å²) in [6, 6.07) is 118. The van der Waals surface area contributed by atoms with E-state index in [4.69, 9.17) is 66.4 Å². The van der Waals surface area contributed by atoms with Gasteiger partial charge in [0.05, 0.1) is 39.9 Å². The van der Waals surface area contributed by atoms with E-state index < -0.39 is 11.7 Å². The molecule has 15 aromatic carbocycles. The summed E-state index contributed by atoms with van der Waals surface area (Å²) >= 11 is 0. The molecule has 0 aliphatic carbocycles. The number of rotatable bonds is 16. The standard InChI is InChI=1S/C105H64F3N15/c1-64-43-50-80(87(57-64)105(106,107)108)79-51-49-78(122-88-52-44-73(101-114-93(65-27-11-3-12-28-65)110-94(115-101)66-29-13-4-14-30-66)58-82(88)83-59-74(45-53-89(83)122)102-116-95(67-31-15-5-16-32-67)111-96(117-102)68-33-17-6-18-34-68)63-81(79)86-62-77(109-2)48-56-92(86)123-90-54-46-75(103-118-97(69-35-19-7-20-36-69)112-98(119-103)70-37-21-8-22-38-70)60-84(90)85-61-76(47-55-91(85)123)104-120-99(71-39-23-9-24-40-71)113-100(121-104)72-41-25-10-26-42-72/h3-63H,1H3. The lowest BCUT2D eigenvalue weighted by Gasteiger charge is -2.21. The summed E-state index contributed by atoms with van der Waals surface area (Å²) in [5.74, 6) is 5.54. The molecule has 0 N–H and O–H groups in total. The number of hydrogen-bond acceptors (Lipinski definition) is 12. The summed E-state index contributed by atoms with van der Waals surface area (Å²) in [5.41, 5.74) is 14.1. The fraction of sp³-hybridized carbons (Fsp3) is 0.0190. The van der Waals surface area contributed by atoms with Crippen LogP contribution in [0, 0.1) is 13.5 Å². The van der Waals surface area contributed by atoms with Crippen molar-refractivity contribution in [3.8, 4) is 170 Å². The fourth-order valence-corrected chi connectivity index (χ4v) is 16.2. The first-order valence-corrected chi connectivity index (χ1v) is 39.9. The van der Waals surface area contributed by atoms with Crippen molar-refractivity contribution < 1.29 is 13.2 Å². The van der Waals surface area contributed by atoms with Crippen LogP contribution in [0.15, 0.2) is 370 Å². The van der Waals surface area contributed by atoms with E-state index in [1.165, 1.54) is 6.07 Å². The van der Waals surface area contributed by atoms with Gasteiger partial charge in [0.25, 0.3) is 0 Å². The molecule has 6 aromatic heterocycles. The molecule has 0 amide bonds. The molecule has 15 nitrogen and oxygen atoms in total. The molecule has 0 fully saturated rings. The van der Waals surface area contributed by atoms with E-state index in [1.54, 1.807) is 37.3 Å². The Morgan fingerprint density at radius 1 is 0.236 bits per heavy atom. The van der Waals surface area contributed by atoms with Gasteiger partial charge >= 0.3 is 6.18 Å². The van der Waals surface area contributed by atoms with Crippen LogP contribution in [0.1, 0.15) is 11.1 Å². The zero-order valence-electron chi connectivity index (χ0n) is 65.6. The van der Waals surface area contributed by atoms with Crippen LogP contribution in [0.3, 0.4) is 0 Å². The number of alkyl halides is 3. The van der Waals surface area contributed by atoms with Crippen LogP contribution in [-0.4, -0.2) is 68.9 Å². The predicted octanol–water partition coefficient (Wildman–Crippen LogP) is 25.8. The number of hydrogen-bond donors (Lipinski definition) is 0. The smallest absolute Gasteiger partial charge is 0.309 e. The quantitative estimate of drug-likeness (QED) is 0.0841. The molecule has 0 saturated heterocycles. The van der Waals surface area contributed by atoms with Crippen molar-refractivity contribution in [1.29, 1.82) is 0 Å². The van der Waals surface area contributed by atoms with Crippen molar-refractivity contribution in [3.05, 3.63) is 393 Å². The number of aryl methyl sites for hydroxylation is 1. The Balaban J connectivity index is 0.818. The van der Waals surface area contributed by atoms with Gasteiger partial charge in [0, 0.05) is 94.0 Å². The summed E-state index contributed by atoms with van der Waals surface area (Å²) in [6.07, 6.45) is -4.81. The third kappa shape index (κ3) is 14.1. The third-order valence-electron chi connectivity index (χ3n) is 22.0. The molecule has 0 spiro atoms. The highest BCUT2D eigenvalue weighted by molar-refractivity contribution is 6.14. The van der Waals surface area contributed by atoms with Crippen LogP contribution < -0.4 is 0 Å². The molecule has 123 heavy (non-hydrogen) atoms. The highest BCUT2D eigenvalue weighted by atomic mass is 19.4. The van der Waals surface area contributed by atoms with Crippen LogP contribution in [0.2, 0.25) is 0 Å². The Labute approximate surface area is 703 Å². The SMILES string of the molecule is [C-]#[N+]c1ccc(-n2c3ccc(-c4nc(-c5ccccc5)nc(-c5ccccc5)n4)cc3c3cc(-c4nc(-c5ccccc5)nc(-c5ccccc5)n4)ccc32)c(-c2cc(-n3c4ccc(-c5nc(-c6ccccc6)nc(-c6ccccc6)n5)cc4c4cc(-c5nc(-c6ccccc6)nc(-c6ccccc6)n5)ccc43)ccc2-c2ccc(C)cc2C(F)(F)F)c1. The Hall–Kier alpha value is -16.8. The van der Waals surface area contributed by atoms with Gasteiger partial charge in [-0.15, -0.1) is 0 Å². The summed E-state index contributed by atoms with van der Waals surface area (Å²) < 4.78 is 53.0. The van der Waals surface area contributed by atoms with Crippen LogP contribution in [0.25, 0.3) is 219 Å². The van der Waals surface area contributed by atoms with Gasteiger partial charge in [0.1, 0.15) is 0 Å². The Bertz CT molecular complexity index is 7130. The van der Waals surface area contributed by atoms with E-state index in [0.29, 0.717) is 131 Å². The number of nitrogens with zero attached hydrogens (tertiary/aromatic N) is 15. The lowest BCUT2D eigenvalue weighted by Crippen LogP contribution is -2.08. The Morgan fingerprint density at radius 2 is 0.504 bits per heavy atom. The molecule has 0 radical (unpaired) electrons. The van der Waals surface area contributed by atoms with Crippen LogP contribution in [0.4, 0.5) is 18.9 Å². The molecule has 0 aliphatic heterocycles. The molecule has 580 valence electrons. The summed E-state index contributed by atoms with van der Waals surface area (Å²) in [7, 11) is 0. The maximum Gasteiger partial charge on any atom is 0.417 e. The lowest BCUT2D eigenvalue weighted by atomic mass is 9.89. The van der Waals surface area contributed by atoms with E-state index in [9.17, 15) is 0 Å². The number of halogens is 3. The molecule has 0 aliphatic rings. The molecule has 21 aromatic rings. The normalized spacial score (nSPS) is 11.6. The predicted molar refractivity (Wildman–Crippen MR) is 481 cm³/mol. The van der Waals surface area contributed by atoms with Gasteiger partial charge < -0.3 is 9.13 Å². The van der Waals surface area contributed by atoms with Gasteiger partial charge in [-0.1, -0.05) is 272 Å². The summed E-state index contributed by atoms with van der Waals surface area (Å²) in [6.45, 7) is 10.4. The van der Waals surface area contributed by atoms with Gasteiger partial charge in [0.15, 0.2) is 75.6 Å². The molecule has 21 rings (SSSR count). The fourth-order valence-electron chi connectivity index (χ4n) is 16.2. The maximum absolute atomic E-state index is 16.3. The molecule has 0 atom stereocenters. The third-order valence-corrected chi connectivity index (χ3v) is 22.0. The van der Waals surface area contributed by atoms with Gasteiger partial charge in [-0.3, -0.25) is 0 Å². The van der Waals surface area contributed by atoms with Gasteiger partial charge in [-0.05, 0) is 132 Å². The van der Waals surface area contributed by atoms with Gasteiger partial charge in [-0.25, -0.2) is 64.7 Å². The molecular weight excluding hydrogens is 1530 g/mol. The first kappa shape index (κ1) is 73.8. The van der Waals surface area contributed by atoms with Gasteiger partial charge in [0.2, 0.25) is 0 Å². The van der Waals surface area contributed by atoms with Crippen molar-refractivity contribution >= 4 is 49.3 Å². The molecular formula is C105H64F3N15. The average molecular weight is 1590 g/mol. The van der Waals surface area contributed by atoms with E-state index >= 15 is 13.2 Å². The minimum Gasteiger partial charge on any atom is -0.309 e. The monoisotopic (exact) mass is 1590 g/mol. The number of fused-ring (bicyclic) bond motifs is 6. The second-order valence-corrected chi connectivity index (χ2v) is 29.8. The van der Waals surface area contributed by atoms with Crippen molar-refractivity contribution in [3.63, 3.8) is 0 Å². The largest absolute Gasteiger partial charge is 0.417 e. The minimum atomic E-state index is -4.81. The molecule has 0 saturated carbocycles. The average Bonchev–Trinajstić information content (AvgIpc) is 1.58. The Morgan fingerprint density at radius 3 is 0.780 bits per heavy atom. The van der Waals surface area contributed by atoms with E-state index in [2.05, 4.69) is 38.2 Å². The number of aromatic nitrogens is 14. The second-order valence-electron chi connectivity index (χ2n) is 29.8. The second kappa shape index (κ2) is 30.9. The molecule has 18 heteroatoms. The van der Waals surface area contributed by atoms with E-state index in [-0.39, 0.29) is 16.8 Å². The van der Waals surface area contributed by atoms with Crippen molar-refractivity contribution in [2.24, 2.45) is 0 Å². The van der Waals surface area contributed by atoms with Crippen LogP contribution in [-0.2, 0) is 6.18 Å². The maximum atomic E-state index is 16.3. The van der Waals surface area contributed by atoms with Crippen molar-refractivity contribution in [2.75, 3.05) is 0 Å². The van der Waals surface area contributed by atoms with Gasteiger partial charge in [-0.2, -0.15) is 13.2 Å². The zero-order chi connectivity index (χ0) is 82.7. The highest BCUT2D eigenvalue weighted by Gasteiger charge is 2.35. The Kier molecular flexibility index (Phi) is 18.6. The van der Waals surface area contributed by atoms with Crippen molar-refractivity contribution in [1.82, 2.24) is 68.9 Å². The topological polar surface area (TPSA) is 169 Å². The van der Waals surface area contributed by atoms with E-state index in [0.717, 1.165) is 77.1 Å². The molecule has 6 heterocycles. The van der Waals surface area contributed by atoms with E-state index in [1.807, 2.05) is 309 Å². The van der Waals surface area contributed by atoms with Crippen molar-refractivity contribution in [2.45, 2.75) is 13.1 Å². The lowest BCUT2D eigenvalue weighted by molar-refractivity contribution is -0.137. The molecule has 0 unspecified atom stereocenters. The summed E-state index contributed by atoms with van der Waals surface area (Å²) in [5, 5.41) is 3.09. The number of benzene rings is 15. The molecule has 0 bridgehead atoms. The summed E-state index contributed by atoms with van der Waals surface area (Å²) in [4.78, 5) is 65.9. The zero-order valence-corrected chi connectivity index (χ0v) is 65.6. The minimum absolute atomic E-state index is 0.0600. The van der Waals surface area contributed by atoms with Crippen LogP contribution >= 0.6 is 0 Å². The van der Waals surface area contributed by atoms with Crippen LogP contribution in [0.5, 0.6) is 0 Å². The highest BCUT2D eigenvalue weighted by Crippen LogP contribution is 2.49.